The summed E-state index contributed by atoms with van der Waals surface area (Å²) in [6.45, 7) is 1.97. The number of aromatic nitrogens is 3. The Labute approximate surface area is 179 Å². The molecule has 0 radical (unpaired) electrons. The van der Waals surface area contributed by atoms with Gasteiger partial charge in [-0.25, -0.2) is 23.9 Å². The minimum atomic E-state index is -2.79. The molecule has 4 aromatic rings. The minimum absolute atomic E-state index is 0.224. The summed E-state index contributed by atoms with van der Waals surface area (Å²) in [5.74, 6) is 1.80. The Hall–Kier alpha value is -3.66. The molecule has 0 amide bonds. The van der Waals surface area contributed by atoms with E-state index in [0.29, 0.717) is 39.1 Å². The fourth-order valence-corrected chi connectivity index (χ4v) is 3.96. The van der Waals surface area contributed by atoms with E-state index in [9.17, 15) is 4.21 Å². The molecule has 4 rings (SSSR count). The average molecular weight is 439 g/mol. The van der Waals surface area contributed by atoms with Gasteiger partial charge < -0.3 is 13.9 Å². The van der Waals surface area contributed by atoms with Crippen molar-refractivity contribution in [3.8, 4) is 11.5 Å². The van der Waals surface area contributed by atoms with Crippen molar-refractivity contribution in [1.29, 1.82) is 4.78 Å². The van der Waals surface area contributed by atoms with E-state index in [1.807, 2.05) is 6.07 Å². The molecule has 0 bridgehead atoms. The molecule has 2 aromatic heterocycles. The van der Waals surface area contributed by atoms with Crippen LogP contribution in [0, 0.1) is 4.78 Å². The van der Waals surface area contributed by atoms with Crippen LogP contribution in [0.15, 0.2) is 64.5 Å². The zero-order valence-corrected chi connectivity index (χ0v) is 17.8. The molecule has 9 nitrogen and oxygen atoms in total. The van der Waals surface area contributed by atoms with Crippen LogP contribution in [0.2, 0.25) is 0 Å². The standard InChI is InChI=1S/C21H21N5O4S/c1-3-31(22,27)15-6-4-5-14(9-15)12-30-19-11-17-16(10-18(19)28-2)20(25-13-24-17)26-21-23-7-8-29-21/h4-11,13,22H,3,12H2,1-2H3,(H,23,24,25,26). The Bertz CT molecular complexity index is 1310. The van der Waals surface area contributed by atoms with Crippen molar-refractivity contribution in [2.75, 3.05) is 18.2 Å². The van der Waals surface area contributed by atoms with Crippen LogP contribution in [-0.4, -0.2) is 32.0 Å². The number of fused-ring (bicyclic) bond motifs is 1. The van der Waals surface area contributed by atoms with Crippen molar-refractivity contribution in [3.05, 3.63) is 60.7 Å². The number of nitrogens with zero attached hydrogens (tertiary/aromatic N) is 3. The molecule has 0 spiro atoms. The summed E-state index contributed by atoms with van der Waals surface area (Å²) in [5.41, 5.74) is 1.45. The van der Waals surface area contributed by atoms with Crippen LogP contribution in [0.25, 0.3) is 10.9 Å². The lowest BCUT2D eigenvalue weighted by atomic mass is 10.2. The quantitative estimate of drug-likeness (QED) is 0.415. The third-order valence-electron chi connectivity index (χ3n) is 4.66. The number of oxazole rings is 1. The van der Waals surface area contributed by atoms with E-state index in [1.165, 1.54) is 18.8 Å². The van der Waals surface area contributed by atoms with E-state index < -0.39 is 9.73 Å². The summed E-state index contributed by atoms with van der Waals surface area (Å²) in [4.78, 5) is 13.1. The van der Waals surface area contributed by atoms with Crippen molar-refractivity contribution in [2.24, 2.45) is 0 Å². The molecule has 0 aliphatic carbocycles. The lowest BCUT2D eigenvalue weighted by Gasteiger charge is -2.14. The maximum atomic E-state index is 12.4. The molecular weight excluding hydrogens is 418 g/mol. The highest BCUT2D eigenvalue weighted by Gasteiger charge is 2.14. The molecule has 2 aromatic carbocycles. The Kier molecular flexibility index (Phi) is 5.72. The molecular formula is C21H21N5O4S. The summed E-state index contributed by atoms with van der Waals surface area (Å²) in [5, 5.41) is 3.72. The number of methoxy groups -OCH3 is 1. The lowest BCUT2D eigenvalue weighted by Crippen LogP contribution is -2.04. The van der Waals surface area contributed by atoms with Gasteiger partial charge in [0.1, 0.15) is 25.0 Å². The zero-order valence-electron chi connectivity index (χ0n) is 17.0. The average Bonchev–Trinajstić information content (AvgIpc) is 3.30. The number of benzene rings is 2. The largest absolute Gasteiger partial charge is 0.493 e. The van der Waals surface area contributed by atoms with E-state index in [2.05, 4.69) is 20.3 Å². The maximum absolute atomic E-state index is 12.4. The molecule has 1 unspecified atom stereocenters. The van der Waals surface area contributed by atoms with E-state index in [4.69, 9.17) is 18.7 Å². The van der Waals surface area contributed by atoms with Gasteiger partial charge in [-0.1, -0.05) is 19.1 Å². The van der Waals surface area contributed by atoms with Crippen LogP contribution < -0.4 is 14.8 Å². The third kappa shape index (κ3) is 4.43. The molecule has 0 fully saturated rings. The number of anilines is 2. The van der Waals surface area contributed by atoms with Crippen molar-refractivity contribution in [2.45, 2.75) is 18.4 Å². The molecule has 0 saturated carbocycles. The summed E-state index contributed by atoms with van der Waals surface area (Å²) in [6, 6.07) is 11.0. The third-order valence-corrected chi connectivity index (χ3v) is 6.49. The van der Waals surface area contributed by atoms with E-state index >= 15 is 0 Å². The summed E-state index contributed by atoms with van der Waals surface area (Å²) in [6.07, 6.45) is 4.43. The van der Waals surface area contributed by atoms with Gasteiger partial charge in [0.2, 0.25) is 0 Å². The van der Waals surface area contributed by atoms with Gasteiger partial charge in [0.05, 0.1) is 28.6 Å². The first-order chi connectivity index (χ1) is 15.0. The van der Waals surface area contributed by atoms with E-state index in [-0.39, 0.29) is 12.4 Å². The number of hydrogen-bond acceptors (Lipinski definition) is 9. The van der Waals surface area contributed by atoms with Crippen molar-refractivity contribution in [1.82, 2.24) is 15.0 Å². The van der Waals surface area contributed by atoms with Gasteiger partial charge in [0.25, 0.3) is 6.01 Å². The Morgan fingerprint density at radius 3 is 2.77 bits per heavy atom. The van der Waals surface area contributed by atoms with Crippen LogP contribution in [0.5, 0.6) is 11.5 Å². The molecule has 0 aliphatic heterocycles. The monoisotopic (exact) mass is 439 g/mol. The van der Waals surface area contributed by atoms with E-state index in [0.717, 1.165) is 5.56 Å². The highest BCUT2D eigenvalue weighted by molar-refractivity contribution is 7.92. The van der Waals surface area contributed by atoms with Gasteiger partial charge >= 0.3 is 0 Å². The van der Waals surface area contributed by atoms with Crippen LogP contribution in [0.4, 0.5) is 11.8 Å². The van der Waals surface area contributed by atoms with Gasteiger partial charge in [-0.2, -0.15) is 0 Å². The SMILES string of the molecule is CCS(=N)(=O)c1cccc(COc2cc3ncnc(Nc4ncco4)c3cc2OC)c1. The Morgan fingerprint density at radius 1 is 1.16 bits per heavy atom. The van der Waals surface area contributed by atoms with Gasteiger partial charge in [0.15, 0.2) is 11.5 Å². The predicted molar refractivity (Wildman–Crippen MR) is 116 cm³/mol. The molecule has 2 N–H and O–H groups in total. The second-order valence-electron chi connectivity index (χ2n) is 6.60. The first kappa shape index (κ1) is 20.6. The summed E-state index contributed by atoms with van der Waals surface area (Å²) >= 11 is 0. The summed E-state index contributed by atoms with van der Waals surface area (Å²) in [7, 11) is -1.24. The fraction of sp³-hybridized carbons (Fsp3) is 0.190. The lowest BCUT2D eigenvalue weighted by molar-refractivity contribution is 0.285. The maximum Gasteiger partial charge on any atom is 0.300 e. The number of ether oxygens (including phenoxy) is 2. The molecule has 31 heavy (non-hydrogen) atoms. The van der Waals surface area contributed by atoms with Crippen molar-refractivity contribution >= 4 is 32.5 Å². The van der Waals surface area contributed by atoms with Gasteiger partial charge in [-0.3, -0.25) is 5.32 Å². The van der Waals surface area contributed by atoms with Crippen LogP contribution in [0.3, 0.4) is 0 Å². The molecule has 2 heterocycles. The Morgan fingerprint density at radius 2 is 2.03 bits per heavy atom. The molecule has 1 atom stereocenters. The molecule has 0 aliphatic rings. The smallest absolute Gasteiger partial charge is 0.300 e. The van der Waals surface area contributed by atoms with Gasteiger partial charge in [-0.05, 0) is 23.8 Å². The molecule has 10 heteroatoms. The second-order valence-corrected chi connectivity index (χ2v) is 9.00. The number of hydrogen-bond donors (Lipinski definition) is 2. The molecule has 0 saturated heterocycles. The first-order valence-electron chi connectivity index (χ1n) is 9.47. The fourth-order valence-electron chi connectivity index (χ4n) is 2.99. The van der Waals surface area contributed by atoms with Crippen LogP contribution in [0.1, 0.15) is 12.5 Å². The van der Waals surface area contributed by atoms with Crippen LogP contribution in [-0.2, 0) is 16.3 Å². The van der Waals surface area contributed by atoms with Crippen LogP contribution >= 0.6 is 0 Å². The normalized spacial score (nSPS) is 13.0. The van der Waals surface area contributed by atoms with Gasteiger partial charge in [0, 0.05) is 22.1 Å². The highest BCUT2D eigenvalue weighted by Crippen LogP contribution is 2.35. The van der Waals surface area contributed by atoms with Crippen molar-refractivity contribution < 1.29 is 18.1 Å². The zero-order chi connectivity index (χ0) is 21.8. The number of rotatable bonds is 8. The summed E-state index contributed by atoms with van der Waals surface area (Å²) < 4.78 is 37.0. The second kappa shape index (κ2) is 8.60. The minimum Gasteiger partial charge on any atom is -0.493 e. The predicted octanol–water partition coefficient (Wildman–Crippen LogP) is 4.37. The highest BCUT2D eigenvalue weighted by atomic mass is 32.2. The Balaban J connectivity index is 1.62. The topological polar surface area (TPSA) is 123 Å². The first-order valence-corrected chi connectivity index (χ1v) is 11.2. The van der Waals surface area contributed by atoms with E-state index in [1.54, 1.807) is 44.4 Å². The molecule has 160 valence electrons. The number of nitrogens with one attached hydrogen (secondary N) is 2. The van der Waals surface area contributed by atoms with Crippen molar-refractivity contribution in [3.63, 3.8) is 0 Å². The van der Waals surface area contributed by atoms with Gasteiger partial charge in [-0.15, -0.1) is 0 Å².